The monoisotopic (exact) mass is 157 g/mol. The summed E-state index contributed by atoms with van der Waals surface area (Å²) in [4.78, 5) is 14.2. The van der Waals surface area contributed by atoms with Gasteiger partial charge in [-0.2, -0.15) is 0 Å². The molecule has 56 valence electrons. The van der Waals surface area contributed by atoms with Crippen LogP contribution in [0.25, 0.3) is 0 Å². The molecule has 0 spiro atoms. The van der Waals surface area contributed by atoms with Crippen LogP contribution in [0.2, 0.25) is 0 Å². The maximum Gasteiger partial charge on any atom is 0.692 e. The van der Waals surface area contributed by atoms with Crippen molar-refractivity contribution in [3.8, 4) is 0 Å². The van der Waals surface area contributed by atoms with Gasteiger partial charge in [-0.25, -0.2) is 0 Å². The second-order valence-corrected chi connectivity index (χ2v) is 1.65. The molecule has 0 aromatic heterocycles. The van der Waals surface area contributed by atoms with Gasteiger partial charge in [0.15, 0.2) is 6.29 Å². The molecule has 0 radical (unpaired) electrons. The third-order valence-corrected chi connectivity index (χ3v) is 0.365. The Kier molecular flexibility index (Phi) is 10.3. The molecule has 5 nitrogen and oxygen atoms in total. The molecule has 0 bridgehead atoms. The maximum absolute atomic E-state index is 8.70. The van der Waals surface area contributed by atoms with Crippen molar-refractivity contribution in [3.05, 3.63) is 0 Å². The molecule has 0 aromatic rings. The highest BCUT2D eigenvalue weighted by Gasteiger charge is 1.93. The Morgan fingerprint density at radius 3 is 1.56 bits per heavy atom. The maximum atomic E-state index is 8.70. The molecule has 0 amide bonds. The van der Waals surface area contributed by atoms with Gasteiger partial charge >= 0.3 is 8.25 Å². The predicted octanol–water partition coefficient (Wildman–Crippen LogP) is -0.664. The molecule has 0 aliphatic rings. The van der Waals surface area contributed by atoms with E-state index in [1.807, 2.05) is 0 Å². The van der Waals surface area contributed by atoms with Crippen molar-refractivity contribution < 1.29 is 24.6 Å². The van der Waals surface area contributed by atoms with Gasteiger partial charge in [0, 0.05) is 4.57 Å². The summed E-state index contributed by atoms with van der Waals surface area (Å²) in [6.45, 7) is 1.70. The van der Waals surface area contributed by atoms with Crippen LogP contribution in [0.15, 0.2) is 0 Å². The summed E-state index contributed by atoms with van der Waals surface area (Å²) in [6, 6.07) is 0. The lowest BCUT2D eigenvalue weighted by molar-refractivity contribution is -0.0413. The van der Waals surface area contributed by atoms with E-state index in [-0.39, 0.29) is 0 Å². The van der Waals surface area contributed by atoms with E-state index in [0.717, 1.165) is 0 Å². The molecule has 0 saturated heterocycles. The van der Waals surface area contributed by atoms with Gasteiger partial charge in [-0.3, -0.25) is 0 Å². The summed E-state index contributed by atoms with van der Waals surface area (Å²) in [5, 5.41) is 15.8. The number of hydrogen-bond acceptors (Lipinski definition) is 3. The van der Waals surface area contributed by atoms with E-state index in [9.17, 15) is 0 Å². The number of aliphatic hydroxyl groups excluding tert-OH is 1. The van der Waals surface area contributed by atoms with E-state index >= 15 is 0 Å². The molecule has 0 unspecified atom stereocenters. The fourth-order valence-electron chi connectivity index (χ4n) is 0. The lowest BCUT2D eigenvalue weighted by atomic mass is 10.5. The fourth-order valence-corrected chi connectivity index (χ4v) is 0. The molecule has 0 atom stereocenters. The van der Waals surface area contributed by atoms with Crippen LogP contribution in [0.3, 0.4) is 0 Å². The van der Waals surface area contributed by atoms with Crippen LogP contribution in [-0.4, -0.2) is 26.3 Å². The zero-order chi connectivity index (χ0) is 7.86. The third-order valence-electron chi connectivity index (χ3n) is 0.365. The van der Waals surface area contributed by atoms with Crippen LogP contribution in [0.1, 0.15) is 13.3 Å². The second-order valence-electron chi connectivity index (χ2n) is 1.14. The Balaban J connectivity index is 0. The van der Waals surface area contributed by atoms with Crippen molar-refractivity contribution in [3.63, 3.8) is 0 Å². The molecule has 0 aliphatic carbocycles. The first-order chi connectivity index (χ1) is 4.00. The van der Waals surface area contributed by atoms with Crippen molar-refractivity contribution in [1.82, 2.24) is 0 Å². The van der Waals surface area contributed by atoms with Gasteiger partial charge in [0.1, 0.15) is 0 Å². The average Bonchev–Trinajstić information content (AvgIpc) is 1.65. The Morgan fingerprint density at radius 2 is 1.56 bits per heavy atom. The molecule has 0 aromatic carbocycles. The summed E-state index contributed by atoms with van der Waals surface area (Å²) >= 11 is 0. The van der Waals surface area contributed by atoms with E-state index in [0.29, 0.717) is 6.42 Å². The first-order valence-corrected chi connectivity index (χ1v) is 3.38. The quantitative estimate of drug-likeness (QED) is 0.299. The van der Waals surface area contributed by atoms with E-state index < -0.39 is 14.5 Å². The largest absolute Gasteiger partial charge is 0.692 e. The minimum Gasteiger partial charge on any atom is -0.368 e. The topological polar surface area (TPSA) is 98.0 Å². The van der Waals surface area contributed by atoms with Gasteiger partial charge in [0.25, 0.3) is 0 Å². The smallest absolute Gasteiger partial charge is 0.368 e. The number of rotatable bonds is 1. The highest BCUT2D eigenvalue weighted by molar-refractivity contribution is 7.30. The van der Waals surface area contributed by atoms with Crippen molar-refractivity contribution in [2.24, 2.45) is 0 Å². The van der Waals surface area contributed by atoms with Crippen LogP contribution in [0.5, 0.6) is 0 Å². The standard InChI is InChI=1S/C3H8O2.HO3P/c1-2-3(4)5;1-4(2)3/h3-5H,2H2,1H3;(H-,1,2,3)/p+1. The highest BCUT2D eigenvalue weighted by atomic mass is 31.1. The first-order valence-electron chi connectivity index (χ1n) is 2.21. The van der Waals surface area contributed by atoms with Crippen LogP contribution in [0, 0.1) is 0 Å². The molecule has 0 rings (SSSR count). The predicted molar refractivity (Wildman–Crippen MR) is 30.6 cm³/mol. The Morgan fingerprint density at radius 1 is 1.44 bits per heavy atom. The Hall–Kier alpha value is -0.0600. The van der Waals surface area contributed by atoms with E-state index in [2.05, 4.69) is 0 Å². The molecule has 0 saturated carbocycles. The van der Waals surface area contributed by atoms with Crippen molar-refractivity contribution >= 4 is 8.25 Å². The summed E-state index contributed by atoms with van der Waals surface area (Å²) in [7, 11) is -2.87. The van der Waals surface area contributed by atoms with E-state index in [4.69, 9.17) is 24.6 Å². The van der Waals surface area contributed by atoms with E-state index in [1.165, 1.54) is 0 Å². The molecular formula is C3H10O5P+. The second kappa shape index (κ2) is 7.94. The zero-order valence-electron chi connectivity index (χ0n) is 4.93. The summed E-state index contributed by atoms with van der Waals surface area (Å²) < 4.78 is 8.70. The lowest BCUT2D eigenvalue weighted by Gasteiger charge is -1.90. The van der Waals surface area contributed by atoms with Gasteiger partial charge in [-0.1, -0.05) is 6.92 Å². The minimum absolute atomic E-state index is 0.417. The molecule has 9 heavy (non-hydrogen) atoms. The van der Waals surface area contributed by atoms with Gasteiger partial charge in [0.2, 0.25) is 0 Å². The van der Waals surface area contributed by atoms with Crippen LogP contribution < -0.4 is 0 Å². The van der Waals surface area contributed by atoms with E-state index in [1.54, 1.807) is 6.92 Å². The summed E-state index contributed by atoms with van der Waals surface area (Å²) in [5.74, 6) is 0. The van der Waals surface area contributed by atoms with Crippen molar-refractivity contribution in [1.29, 1.82) is 0 Å². The van der Waals surface area contributed by atoms with Crippen LogP contribution in [0.4, 0.5) is 0 Å². The zero-order valence-corrected chi connectivity index (χ0v) is 5.82. The highest BCUT2D eigenvalue weighted by Crippen LogP contribution is 1.98. The third kappa shape index (κ3) is 74.4. The molecule has 4 N–H and O–H groups in total. The first kappa shape index (κ1) is 11.7. The summed E-state index contributed by atoms with van der Waals surface area (Å²) in [6.07, 6.45) is -0.699. The minimum atomic E-state index is -2.87. The van der Waals surface area contributed by atoms with Gasteiger partial charge < -0.3 is 10.2 Å². The summed E-state index contributed by atoms with van der Waals surface area (Å²) in [5.41, 5.74) is 0. The van der Waals surface area contributed by atoms with Gasteiger partial charge in [-0.15, -0.1) is 9.79 Å². The molecule has 0 heterocycles. The van der Waals surface area contributed by atoms with Crippen molar-refractivity contribution in [2.45, 2.75) is 19.6 Å². The number of aliphatic hydroxyl groups is 2. The Labute approximate surface area is 53.5 Å². The average molecular weight is 157 g/mol. The lowest BCUT2D eigenvalue weighted by Crippen LogP contribution is -1.99. The molecule has 0 aliphatic heterocycles. The molecule has 6 heteroatoms. The normalized spacial score (nSPS) is 8.22. The Bertz CT molecular complexity index is 68.6. The van der Waals surface area contributed by atoms with Crippen LogP contribution in [-0.2, 0) is 4.57 Å². The molecular weight excluding hydrogens is 147 g/mol. The number of hydrogen-bond donors (Lipinski definition) is 4. The SMILES string of the molecule is CCC(O)O.O=[P+](O)O. The van der Waals surface area contributed by atoms with Gasteiger partial charge in [0.05, 0.1) is 0 Å². The van der Waals surface area contributed by atoms with Gasteiger partial charge in [-0.05, 0) is 6.42 Å². The van der Waals surface area contributed by atoms with Crippen molar-refractivity contribution in [2.75, 3.05) is 0 Å². The molecule has 0 fully saturated rings. The van der Waals surface area contributed by atoms with Crippen LogP contribution >= 0.6 is 8.25 Å². The fraction of sp³-hybridized carbons (Fsp3) is 1.00.